The van der Waals surface area contributed by atoms with Crippen molar-refractivity contribution in [2.24, 2.45) is 23.2 Å². The summed E-state index contributed by atoms with van der Waals surface area (Å²) < 4.78 is 0. The van der Waals surface area contributed by atoms with Crippen LogP contribution in [0, 0.1) is 23.2 Å². The second-order valence-corrected chi connectivity index (χ2v) is 7.82. The van der Waals surface area contributed by atoms with E-state index in [1.165, 1.54) is 44.1 Å². The molecule has 0 radical (unpaired) electrons. The summed E-state index contributed by atoms with van der Waals surface area (Å²) in [6, 6.07) is 10.6. The van der Waals surface area contributed by atoms with Gasteiger partial charge in [-0.3, -0.25) is 0 Å². The molecule has 1 N–H and O–H groups in total. The fourth-order valence-corrected chi connectivity index (χ4v) is 5.84. The summed E-state index contributed by atoms with van der Waals surface area (Å²) in [7, 11) is 0. The van der Waals surface area contributed by atoms with Gasteiger partial charge in [0.05, 0.1) is 6.10 Å². The second kappa shape index (κ2) is 4.87. The van der Waals surface area contributed by atoms with Crippen molar-refractivity contribution in [3.8, 4) is 0 Å². The van der Waals surface area contributed by atoms with Crippen LogP contribution in [0.1, 0.15) is 50.5 Å². The fourth-order valence-electron chi connectivity index (χ4n) is 5.84. The number of hydrogen-bond donors (Lipinski definition) is 1. The molecule has 1 heteroatoms. The van der Waals surface area contributed by atoms with Gasteiger partial charge in [-0.2, -0.15) is 0 Å². The zero-order chi connectivity index (χ0) is 13.6. The van der Waals surface area contributed by atoms with Crippen LogP contribution in [0.3, 0.4) is 0 Å². The van der Waals surface area contributed by atoms with Crippen LogP contribution in [0.2, 0.25) is 0 Å². The Labute approximate surface area is 122 Å². The topological polar surface area (TPSA) is 20.2 Å². The van der Waals surface area contributed by atoms with Gasteiger partial charge in [0.25, 0.3) is 0 Å². The van der Waals surface area contributed by atoms with E-state index in [-0.39, 0.29) is 6.10 Å². The molecule has 0 aliphatic heterocycles. The van der Waals surface area contributed by atoms with Crippen LogP contribution < -0.4 is 0 Å². The number of aryl methyl sites for hydroxylation is 1. The first kappa shape index (κ1) is 12.9. The van der Waals surface area contributed by atoms with Gasteiger partial charge in [0.2, 0.25) is 0 Å². The Balaban J connectivity index is 1.44. The average molecular weight is 270 g/mol. The molecule has 0 heterocycles. The SMILES string of the molecule is OC(CCc1ccccc1)C12CC3CC(CC(C3)C1)C2. The molecule has 4 aliphatic rings. The zero-order valence-corrected chi connectivity index (χ0v) is 12.3. The lowest BCUT2D eigenvalue weighted by atomic mass is 9.48. The average Bonchev–Trinajstić information content (AvgIpc) is 2.44. The van der Waals surface area contributed by atoms with Crippen molar-refractivity contribution in [1.29, 1.82) is 0 Å². The van der Waals surface area contributed by atoms with Gasteiger partial charge < -0.3 is 5.11 Å². The van der Waals surface area contributed by atoms with E-state index in [9.17, 15) is 5.11 Å². The molecule has 1 unspecified atom stereocenters. The molecule has 5 rings (SSSR count). The van der Waals surface area contributed by atoms with Crippen LogP contribution in [0.4, 0.5) is 0 Å². The Morgan fingerprint density at radius 3 is 2.05 bits per heavy atom. The van der Waals surface area contributed by atoms with Crippen LogP contribution >= 0.6 is 0 Å². The number of hydrogen-bond acceptors (Lipinski definition) is 1. The molecule has 4 bridgehead atoms. The highest BCUT2D eigenvalue weighted by Gasteiger charge is 2.53. The first-order valence-electron chi connectivity index (χ1n) is 8.45. The maximum atomic E-state index is 10.9. The summed E-state index contributed by atoms with van der Waals surface area (Å²) in [5.41, 5.74) is 1.67. The molecule has 0 spiro atoms. The highest BCUT2D eigenvalue weighted by molar-refractivity contribution is 5.15. The highest BCUT2D eigenvalue weighted by atomic mass is 16.3. The first-order chi connectivity index (χ1) is 9.73. The Bertz CT molecular complexity index is 429. The number of aliphatic hydroxyl groups excluding tert-OH is 1. The number of benzene rings is 1. The molecule has 1 atom stereocenters. The first-order valence-corrected chi connectivity index (χ1v) is 8.45. The summed E-state index contributed by atoms with van der Waals surface area (Å²) in [6.07, 6.45) is 10.2. The van der Waals surface area contributed by atoms with E-state index in [2.05, 4.69) is 30.3 Å². The Kier molecular flexibility index (Phi) is 3.14. The molecule has 1 nitrogen and oxygen atoms in total. The molecule has 0 amide bonds. The third-order valence-electron chi connectivity index (χ3n) is 6.34. The summed E-state index contributed by atoms with van der Waals surface area (Å²) >= 11 is 0. The van der Waals surface area contributed by atoms with E-state index in [0.717, 1.165) is 30.6 Å². The van der Waals surface area contributed by atoms with Crippen LogP contribution in [0.5, 0.6) is 0 Å². The van der Waals surface area contributed by atoms with Crippen LogP contribution in [-0.4, -0.2) is 11.2 Å². The quantitative estimate of drug-likeness (QED) is 0.869. The van der Waals surface area contributed by atoms with Crippen molar-refractivity contribution in [3.63, 3.8) is 0 Å². The van der Waals surface area contributed by atoms with Gasteiger partial charge in [-0.15, -0.1) is 0 Å². The third-order valence-corrected chi connectivity index (χ3v) is 6.34. The van der Waals surface area contributed by atoms with Crippen molar-refractivity contribution < 1.29 is 5.11 Å². The summed E-state index contributed by atoms with van der Waals surface area (Å²) in [4.78, 5) is 0. The smallest absolute Gasteiger partial charge is 0.0599 e. The minimum Gasteiger partial charge on any atom is -0.393 e. The summed E-state index contributed by atoms with van der Waals surface area (Å²) in [6.45, 7) is 0. The molecule has 108 valence electrons. The van der Waals surface area contributed by atoms with Crippen LogP contribution in [0.25, 0.3) is 0 Å². The van der Waals surface area contributed by atoms with E-state index < -0.39 is 0 Å². The Morgan fingerprint density at radius 1 is 0.950 bits per heavy atom. The Hall–Kier alpha value is -0.820. The molecule has 0 aromatic heterocycles. The van der Waals surface area contributed by atoms with Crippen molar-refractivity contribution in [2.45, 2.75) is 57.5 Å². The summed E-state index contributed by atoms with van der Waals surface area (Å²) in [5.74, 6) is 2.81. The van der Waals surface area contributed by atoms with E-state index in [4.69, 9.17) is 0 Å². The molecule has 1 aromatic rings. The predicted octanol–water partition coefficient (Wildman–Crippen LogP) is 4.20. The van der Waals surface area contributed by atoms with E-state index >= 15 is 0 Å². The monoisotopic (exact) mass is 270 g/mol. The number of aliphatic hydroxyl groups is 1. The predicted molar refractivity (Wildman–Crippen MR) is 81.4 cm³/mol. The number of rotatable bonds is 4. The molecular weight excluding hydrogens is 244 g/mol. The van der Waals surface area contributed by atoms with Gasteiger partial charge in [-0.1, -0.05) is 30.3 Å². The van der Waals surface area contributed by atoms with Crippen molar-refractivity contribution in [3.05, 3.63) is 35.9 Å². The van der Waals surface area contributed by atoms with Gasteiger partial charge in [-0.05, 0) is 80.1 Å². The maximum absolute atomic E-state index is 10.9. The third kappa shape index (κ3) is 2.20. The maximum Gasteiger partial charge on any atom is 0.0599 e. The second-order valence-electron chi connectivity index (χ2n) is 7.82. The lowest BCUT2D eigenvalue weighted by Crippen LogP contribution is -2.51. The van der Waals surface area contributed by atoms with Crippen molar-refractivity contribution in [2.75, 3.05) is 0 Å². The highest BCUT2D eigenvalue weighted by Crippen LogP contribution is 2.61. The fraction of sp³-hybridized carbons (Fsp3) is 0.684. The van der Waals surface area contributed by atoms with Crippen molar-refractivity contribution in [1.82, 2.24) is 0 Å². The van der Waals surface area contributed by atoms with Crippen LogP contribution in [-0.2, 0) is 6.42 Å². The lowest BCUT2D eigenvalue weighted by molar-refractivity contribution is -0.121. The molecule has 4 aliphatic carbocycles. The zero-order valence-electron chi connectivity index (χ0n) is 12.3. The van der Waals surface area contributed by atoms with E-state index in [0.29, 0.717) is 5.41 Å². The van der Waals surface area contributed by atoms with Gasteiger partial charge in [0.1, 0.15) is 0 Å². The van der Waals surface area contributed by atoms with Gasteiger partial charge in [0.15, 0.2) is 0 Å². The molecule has 4 saturated carbocycles. The van der Waals surface area contributed by atoms with Gasteiger partial charge in [0, 0.05) is 0 Å². The summed E-state index contributed by atoms with van der Waals surface area (Å²) in [5, 5.41) is 10.9. The molecule has 4 fully saturated rings. The van der Waals surface area contributed by atoms with Crippen molar-refractivity contribution >= 4 is 0 Å². The standard InChI is InChI=1S/C19H26O/c20-18(7-6-14-4-2-1-3-5-14)19-11-15-8-16(12-19)10-17(9-15)13-19/h1-5,15-18,20H,6-13H2. The lowest BCUT2D eigenvalue weighted by Gasteiger charge is -2.58. The largest absolute Gasteiger partial charge is 0.393 e. The van der Waals surface area contributed by atoms with E-state index in [1.54, 1.807) is 0 Å². The minimum atomic E-state index is -0.0730. The van der Waals surface area contributed by atoms with E-state index in [1.807, 2.05) is 0 Å². The minimum absolute atomic E-state index is 0.0730. The Morgan fingerprint density at radius 2 is 1.50 bits per heavy atom. The molecule has 0 saturated heterocycles. The van der Waals surface area contributed by atoms with Gasteiger partial charge in [-0.25, -0.2) is 0 Å². The molecular formula is C19H26O. The molecule has 1 aromatic carbocycles. The molecule has 20 heavy (non-hydrogen) atoms. The normalized spacial score (nSPS) is 40.0. The van der Waals surface area contributed by atoms with Gasteiger partial charge >= 0.3 is 0 Å². The van der Waals surface area contributed by atoms with Crippen LogP contribution in [0.15, 0.2) is 30.3 Å².